The summed E-state index contributed by atoms with van der Waals surface area (Å²) in [7, 11) is 0. The summed E-state index contributed by atoms with van der Waals surface area (Å²) in [6.45, 7) is 0.707. The van der Waals surface area contributed by atoms with E-state index in [0.29, 0.717) is 6.54 Å². The van der Waals surface area contributed by atoms with E-state index in [1.165, 1.54) is 5.39 Å². The van der Waals surface area contributed by atoms with Gasteiger partial charge >= 0.3 is 0 Å². The molecule has 0 saturated carbocycles. The molecule has 0 atom stereocenters. The van der Waals surface area contributed by atoms with Crippen LogP contribution in [0.5, 0.6) is 0 Å². The number of hydrogen-bond donors (Lipinski definition) is 2. The van der Waals surface area contributed by atoms with E-state index >= 15 is 0 Å². The fourth-order valence-electron chi connectivity index (χ4n) is 2.34. The van der Waals surface area contributed by atoms with Crippen molar-refractivity contribution in [3.63, 3.8) is 0 Å². The highest BCUT2D eigenvalue weighted by atomic mass is 14.7. The third kappa shape index (κ3) is 2.37. The van der Waals surface area contributed by atoms with Crippen LogP contribution in [0.25, 0.3) is 22.2 Å². The van der Waals surface area contributed by atoms with Gasteiger partial charge in [-0.3, -0.25) is 4.98 Å². The summed E-state index contributed by atoms with van der Waals surface area (Å²) >= 11 is 0. The van der Waals surface area contributed by atoms with Crippen molar-refractivity contribution < 1.29 is 0 Å². The minimum absolute atomic E-state index is 0.707. The predicted molar refractivity (Wildman–Crippen MR) is 78.9 cm³/mol. The smallest absolute Gasteiger partial charge is 0.0726 e. The highest BCUT2D eigenvalue weighted by molar-refractivity contribution is 5.94. The quantitative estimate of drug-likeness (QED) is 0.748. The van der Waals surface area contributed by atoms with E-state index in [-0.39, 0.29) is 0 Å². The zero-order valence-electron chi connectivity index (χ0n) is 10.8. The average Bonchev–Trinajstić information content (AvgIpc) is 2.89. The molecular formula is C16H17N3. The van der Waals surface area contributed by atoms with Gasteiger partial charge in [-0.2, -0.15) is 0 Å². The Morgan fingerprint density at radius 3 is 2.84 bits per heavy atom. The normalized spacial score (nSPS) is 11.0. The molecule has 3 nitrogen and oxygen atoms in total. The van der Waals surface area contributed by atoms with Gasteiger partial charge in [-0.25, -0.2) is 0 Å². The van der Waals surface area contributed by atoms with Crippen LogP contribution in [0.4, 0.5) is 0 Å². The lowest BCUT2D eigenvalue weighted by Crippen LogP contribution is -2.01. The molecule has 3 heteroatoms. The number of aromatic nitrogens is 2. The van der Waals surface area contributed by atoms with Gasteiger partial charge in [-0.05, 0) is 37.6 Å². The van der Waals surface area contributed by atoms with Crippen LogP contribution in [0.3, 0.4) is 0 Å². The van der Waals surface area contributed by atoms with Gasteiger partial charge in [0.2, 0.25) is 0 Å². The Morgan fingerprint density at radius 1 is 1.05 bits per heavy atom. The Bertz CT molecular complexity index is 685. The highest BCUT2D eigenvalue weighted by Gasteiger charge is 2.07. The van der Waals surface area contributed by atoms with E-state index in [2.05, 4.69) is 41.4 Å². The molecular weight excluding hydrogens is 234 g/mol. The summed E-state index contributed by atoms with van der Waals surface area (Å²) in [6, 6.07) is 14.5. The summed E-state index contributed by atoms with van der Waals surface area (Å²) < 4.78 is 0. The number of aromatic amines is 1. The first-order chi connectivity index (χ1) is 9.38. The van der Waals surface area contributed by atoms with Crippen LogP contribution in [0, 0.1) is 0 Å². The number of para-hydroxylation sites is 1. The minimum Gasteiger partial charge on any atom is -0.360 e. The van der Waals surface area contributed by atoms with Crippen LogP contribution in [0.1, 0.15) is 12.1 Å². The van der Waals surface area contributed by atoms with Crippen molar-refractivity contribution in [1.29, 1.82) is 0 Å². The number of nitrogens with two attached hydrogens (primary N) is 1. The number of nitrogens with one attached hydrogen (secondary N) is 1. The van der Waals surface area contributed by atoms with E-state index in [4.69, 9.17) is 10.7 Å². The third-order valence-corrected chi connectivity index (χ3v) is 3.31. The van der Waals surface area contributed by atoms with E-state index < -0.39 is 0 Å². The van der Waals surface area contributed by atoms with E-state index in [1.807, 2.05) is 12.3 Å². The summed E-state index contributed by atoms with van der Waals surface area (Å²) in [6.07, 6.45) is 3.94. The highest BCUT2D eigenvalue weighted by Crippen LogP contribution is 2.27. The van der Waals surface area contributed by atoms with E-state index in [9.17, 15) is 0 Å². The number of benzene rings is 1. The molecule has 0 bridgehead atoms. The second kappa shape index (κ2) is 5.24. The van der Waals surface area contributed by atoms with E-state index in [0.717, 1.165) is 35.3 Å². The van der Waals surface area contributed by atoms with Crippen LogP contribution < -0.4 is 5.73 Å². The number of nitrogens with zero attached hydrogens (tertiary/aromatic N) is 1. The Hall–Kier alpha value is -2.13. The van der Waals surface area contributed by atoms with Crippen molar-refractivity contribution in [3.05, 3.63) is 54.4 Å². The topological polar surface area (TPSA) is 54.7 Å². The lowest BCUT2D eigenvalue weighted by Gasteiger charge is -2.03. The third-order valence-electron chi connectivity index (χ3n) is 3.31. The largest absolute Gasteiger partial charge is 0.360 e. The molecule has 0 radical (unpaired) electrons. The molecule has 0 amide bonds. The van der Waals surface area contributed by atoms with Gasteiger partial charge in [-0.1, -0.05) is 24.3 Å². The fraction of sp³-hybridized carbons (Fsp3) is 0.188. The van der Waals surface area contributed by atoms with Crippen LogP contribution in [-0.4, -0.2) is 16.5 Å². The van der Waals surface area contributed by atoms with Crippen LogP contribution in [0.2, 0.25) is 0 Å². The molecule has 0 aliphatic carbocycles. The Labute approximate surface area is 112 Å². The number of fused-ring (bicyclic) bond motifs is 1. The fourth-order valence-corrected chi connectivity index (χ4v) is 2.34. The van der Waals surface area contributed by atoms with Gasteiger partial charge in [-0.15, -0.1) is 0 Å². The van der Waals surface area contributed by atoms with Crippen molar-refractivity contribution in [2.75, 3.05) is 6.54 Å². The van der Waals surface area contributed by atoms with Crippen molar-refractivity contribution in [2.24, 2.45) is 5.73 Å². The molecule has 0 aliphatic heterocycles. The summed E-state index contributed by atoms with van der Waals surface area (Å²) in [5, 5.41) is 1.21. The Balaban J connectivity index is 2.01. The first-order valence-corrected chi connectivity index (χ1v) is 6.61. The van der Waals surface area contributed by atoms with Gasteiger partial charge in [0.1, 0.15) is 0 Å². The molecule has 96 valence electrons. The first-order valence-electron chi connectivity index (χ1n) is 6.61. The maximum atomic E-state index is 5.55. The Morgan fingerprint density at radius 2 is 1.95 bits per heavy atom. The SMILES string of the molecule is NCCCc1cccc(-c2c[nH]c3ccccc23)n1. The van der Waals surface area contributed by atoms with Gasteiger partial charge in [0.15, 0.2) is 0 Å². The van der Waals surface area contributed by atoms with Gasteiger partial charge in [0, 0.05) is 28.4 Å². The Kier molecular flexibility index (Phi) is 3.29. The second-order valence-corrected chi connectivity index (χ2v) is 4.65. The molecule has 3 N–H and O–H groups in total. The minimum atomic E-state index is 0.707. The maximum absolute atomic E-state index is 5.55. The average molecular weight is 251 g/mol. The van der Waals surface area contributed by atoms with Gasteiger partial charge in [0.05, 0.1) is 5.69 Å². The first kappa shape index (κ1) is 11.9. The molecule has 0 unspecified atom stereocenters. The molecule has 3 aromatic rings. The van der Waals surface area contributed by atoms with Crippen molar-refractivity contribution in [1.82, 2.24) is 9.97 Å². The molecule has 2 aromatic heterocycles. The molecule has 0 aliphatic rings. The van der Waals surface area contributed by atoms with Crippen molar-refractivity contribution >= 4 is 10.9 Å². The lowest BCUT2D eigenvalue weighted by molar-refractivity contribution is 0.811. The summed E-state index contributed by atoms with van der Waals surface area (Å²) in [4.78, 5) is 8.02. The van der Waals surface area contributed by atoms with Gasteiger partial charge in [0.25, 0.3) is 0 Å². The summed E-state index contributed by atoms with van der Waals surface area (Å²) in [5.41, 5.74) is 9.98. The zero-order chi connectivity index (χ0) is 13.1. The number of rotatable bonds is 4. The zero-order valence-corrected chi connectivity index (χ0v) is 10.8. The van der Waals surface area contributed by atoms with Crippen LogP contribution in [-0.2, 0) is 6.42 Å². The molecule has 0 spiro atoms. The number of aryl methyl sites for hydroxylation is 1. The standard InChI is InChI=1S/C16H17N3/c17-10-4-6-12-5-3-9-16(19-12)14-11-18-15-8-2-1-7-13(14)15/h1-3,5,7-9,11,18H,4,6,10,17H2. The van der Waals surface area contributed by atoms with Crippen LogP contribution in [0.15, 0.2) is 48.7 Å². The molecule has 2 heterocycles. The van der Waals surface area contributed by atoms with Gasteiger partial charge < -0.3 is 10.7 Å². The number of hydrogen-bond acceptors (Lipinski definition) is 2. The van der Waals surface area contributed by atoms with Crippen molar-refractivity contribution in [3.8, 4) is 11.3 Å². The van der Waals surface area contributed by atoms with E-state index in [1.54, 1.807) is 0 Å². The van der Waals surface area contributed by atoms with Crippen molar-refractivity contribution in [2.45, 2.75) is 12.8 Å². The summed E-state index contributed by atoms with van der Waals surface area (Å²) in [5.74, 6) is 0. The second-order valence-electron chi connectivity index (χ2n) is 4.65. The predicted octanol–water partition coefficient (Wildman–Crippen LogP) is 3.12. The molecule has 3 rings (SSSR count). The monoisotopic (exact) mass is 251 g/mol. The molecule has 1 aromatic carbocycles. The molecule has 19 heavy (non-hydrogen) atoms. The number of pyridine rings is 1. The number of H-pyrrole nitrogens is 1. The maximum Gasteiger partial charge on any atom is 0.0726 e. The van der Waals surface area contributed by atoms with Crippen LogP contribution >= 0.6 is 0 Å². The molecule has 0 saturated heterocycles. The molecule has 0 fully saturated rings. The lowest BCUT2D eigenvalue weighted by atomic mass is 10.1.